The number of urea groups is 1. The zero-order valence-electron chi connectivity index (χ0n) is 14.9. The predicted molar refractivity (Wildman–Crippen MR) is 100 cm³/mol. The minimum absolute atomic E-state index is 0.00487. The van der Waals surface area contributed by atoms with Gasteiger partial charge in [-0.2, -0.15) is 0 Å². The van der Waals surface area contributed by atoms with Crippen molar-refractivity contribution < 1.29 is 14.3 Å². The first kappa shape index (κ1) is 17.9. The van der Waals surface area contributed by atoms with Crippen molar-refractivity contribution in [2.45, 2.75) is 6.54 Å². The van der Waals surface area contributed by atoms with Crippen LogP contribution in [0.25, 0.3) is 0 Å². The van der Waals surface area contributed by atoms with Crippen LogP contribution in [-0.4, -0.2) is 50.2 Å². The van der Waals surface area contributed by atoms with Crippen LogP contribution in [0.3, 0.4) is 0 Å². The van der Waals surface area contributed by atoms with Crippen LogP contribution in [0.4, 0.5) is 10.5 Å². The number of hydrogen-bond acceptors (Lipinski definition) is 4. The molecule has 0 bridgehead atoms. The number of carbonyl (C=O) groups excluding carboxylic acids is 2. The summed E-state index contributed by atoms with van der Waals surface area (Å²) in [7, 11) is 1.36. The number of nitrogens with zero attached hydrogens (tertiary/aromatic N) is 2. The number of carbonyl (C=O) groups is 2. The molecule has 0 atom stereocenters. The van der Waals surface area contributed by atoms with Crippen molar-refractivity contribution in [3.05, 3.63) is 65.7 Å². The second-order valence-electron chi connectivity index (χ2n) is 6.13. The number of nitrogens with one attached hydrogen (secondary N) is 1. The van der Waals surface area contributed by atoms with Crippen LogP contribution < -0.4 is 10.2 Å². The third-order valence-corrected chi connectivity index (χ3v) is 4.40. The van der Waals surface area contributed by atoms with Crippen LogP contribution in [0.5, 0.6) is 0 Å². The topological polar surface area (TPSA) is 61.9 Å². The zero-order valence-corrected chi connectivity index (χ0v) is 14.9. The summed E-state index contributed by atoms with van der Waals surface area (Å²) in [4.78, 5) is 28.3. The van der Waals surface area contributed by atoms with Crippen LogP contribution in [0.15, 0.2) is 54.6 Å². The summed E-state index contributed by atoms with van der Waals surface area (Å²) < 4.78 is 4.73. The number of amides is 2. The molecule has 1 heterocycles. The van der Waals surface area contributed by atoms with Crippen LogP contribution in [-0.2, 0) is 11.3 Å². The lowest BCUT2D eigenvalue weighted by atomic mass is 10.1. The Labute approximate surface area is 153 Å². The quantitative estimate of drug-likeness (QED) is 0.858. The van der Waals surface area contributed by atoms with Gasteiger partial charge < -0.3 is 15.0 Å². The third kappa shape index (κ3) is 4.21. The monoisotopic (exact) mass is 353 g/mol. The van der Waals surface area contributed by atoms with Crippen molar-refractivity contribution in [3.63, 3.8) is 0 Å². The maximum atomic E-state index is 13.1. The van der Waals surface area contributed by atoms with Crippen LogP contribution in [0, 0.1) is 0 Å². The molecular weight excluding hydrogens is 330 g/mol. The van der Waals surface area contributed by atoms with Gasteiger partial charge in [0.1, 0.15) is 0 Å². The zero-order chi connectivity index (χ0) is 18.4. The summed E-state index contributed by atoms with van der Waals surface area (Å²) in [6.45, 7) is 3.45. The summed E-state index contributed by atoms with van der Waals surface area (Å²) in [5.41, 5.74) is 2.30. The minimum Gasteiger partial charge on any atom is -0.465 e. The standard InChI is InChI=1S/C20H23N3O3/c1-26-19(24)17-9-7-16(8-10-17)15-23(18-5-3-2-4-6-18)20(25)22-13-11-21-12-14-22/h2-10,21H,11-15H2,1H3. The number of hydrogen-bond donors (Lipinski definition) is 1. The normalized spacial score (nSPS) is 14.0. The fourth-order valence-electron chi connectivity index (χ4n) is 2.95. The summed E-state index contributed by atoms with van der Waals surface area (Å²) in [6, 6.07) is 16.8. The number of methoxy groups -OCH3 is 1. The van der Waals surface area contributed by atoms with Crippen LogP contribution in [0.1, 0.15) is 15.9 Å². The molecule has 1 saturated heterocycles. The van der Waals surface area contributed by atoms with E-state index >= 15 is 0 Å². The fourth-order valence-corrected chi connectivity index (χ4v) is 2.95. The molecule has 0 unspecified atom stereocenters. The van der Waals surface area contributed by atoms with Gasteiger partial charge >= 0.3 is 12.0 Å². The molecule has 1 aliphatic heterocycles. The number of benzene rings is 2. The first-order chi connectivity index (χ1) is 12.7. The number of ether oxygens (including phenoxy) is 1. The first-order valence-corrected chi connectivity index (χ1v) is 8.68. The molecule has 1 N–H and O–H groups in total. The number of piperazine rings is 1. The first-order valence-electron chi connectivity index (χ1n) is 8.68. The Morgan fingerprint density at radius 3 is 2.31 bits per heavy atom. The summed E-state index contributed by atoms with van der Waals surface area (Å²) >= 11 is 0. The Balaban J connectivity index is 1.81. The summed E-state index contributed by atoms with van der Waals surface area (Å²) in [5.74, 6) is -0.367. The highest BCUT2D eigenvalue weighted by Crippen LogP contribution is 2.20. The molecular formula is C20H23N3O3. The molecule has 2 amide bonds. The smallest absolute Gasteiger partial charge is 0.337 e. The average Bonchev–Trinajstić information content (AvgIpc) is 2.72. The molecule has 1 fully saturated rings. The van der Waals surface area contributed by atoms with Crippen molar-refractivity contribution in [2.75, 3.05) is 38.2 Å². The van der Waals surface area contributed by atoms with E-state index in [0.29, 0.717) is 25.2 Å². The molecule has 0 aliphatic carbocycles. The van der Waals surface area contributed by atoms with Gasteiger partial charge in [-0.3, -0.25) is 4.90 Å². The van der Waals surface area contributed by atoms with Crippen molar-refractivity contribution in [1.82, 2.24) is 10.2 Å². The van der Waals surface area contributed by atoms with E-state index in [9.17, 15) is 9.59 Å². The number of rotatable bonds is 4. The highest BCUT2D eigenvalue weighted by Gasteiger charge is 2.24. The average molecular weight is 353 g/mol. The van der Waals surface area contributed by atoms with E-state index in [0.717, 1.165) is 24.3 Å². The van der Waals surface area contributed by atoms with Gasteiger partial charge in [-0.1, -0.05) is 30.3 Å². The summed E-state index contributed by atoms with van der Waals surface area (Å²) in [5, 5.41) is 3.26. The molecule has 0 radical (unpaired) electrons. The maximum Gasteiger partial charge on any atom is 0.337 e. The molecule has 6 nitrogen and oxygen atoms in total. The molecule has 0 aromatic heterocycles. The fraction of sp³-hybridized carbons (Fsp3) is 0.300. The Morgan fingerprint density at radius 2 is 1.69 bits per heavy atom. The van der Waals surface area contributed by atoms with E-state index in [-0.39, 0.29) is 12.0 Å². The summed E-state index contributed by atoms with van der Waals surface area (Å²) in [6.07, 6.45) is 0. The number of para-hydroxylation sites is 1. The highest BCUT2D eigenvalue weighted by atomic mass is 16.5. The molecule has 1 aliphatic rings. The van der Waals surface area contributed by atoms with Gasteiger partial charge in [-0.15, -0.1) is 0 Å². The van der Waals surface area contributed by atoms with Crippen LogP contribution in [0.2, 0.25) is 0 Å². The lowest BCUT2D eigenvalue weighted by Gasteiger charge is -2.33. The van der Waals surface area contributed by atoms with Gasteiger partial charge in [0.2, 0.25) is 0 Å². The maximum absolute atomic E-state index is 13.1. The highest BCUT2D eigenvalue weighted by molar-refractivity contribution is 5.92. The molecule has 136 valence electrons. The van der Waals surface area contributed by atoms with Crippen molar-refractivity contribution in [1.29, 1.82) is 0 Å². The van der Waals surface area contributed by atoms with E-state index in [1.165, 1.54) is 7.11 Å². The lowest BCUT2D eigenvalue weighted by molar-refractivity contribution is 0.0600. The van der Waals surface area contributed by atoms with Crippen LogP contribution >= 0.6 is 0 Å². The van der Waals surface area contributed by atoms with Crippen molar-refractivity contribution >= 4 is 17.7 Å². The molecule has 3 rings (SSSR count). The van der Waals surface area contributed by atoms with Gasteiger partial charge in [0.25, 0.3) is 0 Å². The molecule has 26 heavy (non-hydrogen) atoms. The van der Waals surface area contributed by atoms with E-state index in [2.05, 4.69) is 5.32 Å². The largest absolute Gasteiger partial charge is 0.465 e. The Bertz CT molecular complexity index is 741. The van der Waals surface area contributed by atoms with Crippen molar-refractivity contribution in [2.24, 2.45) is 0 Å². The molecule has 2 aromatic carbocycles. The Morgan fingerprint density at radius 1 is 1.04 bits per heavy atom. The van der Waals surface area contributed by atoms with Gasteiger partial charge in [-0.25, -0.2) is 9.59 Å². The van der Waals surface area contributed by atoms with E-state index in [1.807, 2.05) is 47.4 Å². The molecule has 0 spiro atoms. The molecule has 0 saturated carbocycles. The van der Waals surface area contributed by atoms with Crippen molar-refractivity contribution in [3.8, 4) is 0 Å². The third-order valence-electron chi connectivity index (χ3n) is 4.40. The molecule has 2 aromatic rings. The minimum atomic E-state index is -0.367. The Kier molecular flexibility index (Phi) is 5.86. The van der Waals surface area contributed by atoms with E-state index in [4.69, 9.17) is 4.74 Å². The lowest BCUT2D eigenvalue weighted by Crippen LogP contribution is -2.51. The van der Waals surface area contributed by atoms with Gasteiger partial charge in [0.05, 0.1) is 19.2 Å². The van der Waals surface area contributed by atoms with Gasteiger partial charge in [0.15, 0.2) is 0 Å². The predicted octanol–water partition coefficient (Wildman–Crippen LogP) is 2.51. The second kappa shape index (κ2) is 8.49. The van der Waals surface area contributed by atoms with E-state index < -0.39 is 0 Å². The molecule has 6 heteroatoms. The Hall–Kier alpha value is -2.86. The van der Waals surface area contributed by atoms with E-state index in [1.54, 1.807) is 17.0 Å². The second-order valence-corrected chi connectivity index (χ2v) is 6.13. The number of anilines is 1. The number of esters is 1. The van der Waals surface area contributed by atoms with Gasteiger partial charge in [-0.05, 0) is 29.8 Å². The van der Waals surface area contributed by atoms with Gasteiger partial charge in [0, 0.05) is 31.9 Å². The SMILES string of the molecule is COC(=O)c1ccc(CN(C(=O)N2CCNCC2)c2ccccc2)cc1.